The maximum Gasteiger partial charge on any atom is 0.308 e. The molecule has 1 amide bonds. The number of rotatable bonds is 4. The van der Waals surface area contributed by atoms with E-state index < -0.39 is 17.9 Å². The Morgan fingerprint density at radius 1 is 1.37 bits per heavy atom. The van der Waals surface area contributed by atoms with E-state index in [1.165, 1.54) is 11.3 Å². The van der Waals surface area contributed by atoms with Crippen LogP contribution in [0.2, 0.25) is 0 Å². The van der Waals surface area contributed by atoms with Crippen LogP contribution in [0.3, 0.4) is 0 Å². The summed E-state index contributed by atoms with van der Waals surface area (Å²) in [6.45, 7) is 9.33. The molecule has 0 aromatic carbocycles. The van der Waals surface area contributed by atoms with Gasteiger partial charge in [-0.2, -0.15) is 0 Å². The summed E-state index contributed by atoms with van der Waals surface area (Å²) in [7, 11) is 0. The van der Waals surface area contributed by atoms with Crippen LogP contribution in [0.5, 0.6) is 0 Å². The molecule has 0 spiro atoms. The van der Waals surface area contributed by atoms with Crippen molar-refractivity contribution in [2.24, 2.45) is 5.92 Å². The largest absolute Gasteiger partial charge is 0.481 e. The van der Waals surface area contributed by atoms with Crippen LogP contribution in [0.25, 0.3) is 0 Å². The first-order valence-corrected chi connectivity index (χ1v) is 7.00. The molecule has 1 aromatic heterocycles. The molecule has 2 N–H and O–H groups in total. The van der Waals surface area contributed by atoms with Gasteiger partial charge in [-0.05, 0) is 13.8 Å². The molecule has 0 aliphatic rings. The van der Waals surface area contributed by atoms with Crippen molar-refractivity contribution in [3.63, 3.8) is 0 Å². The predicted molar refractivity (Wildman–Crippen MR) is 74.5 cm³/mol. The van der Waals surface area contributed by atoms with E-state index in [4.69, 9.17) is 5.11 Å². The molecule has 2 atom stereocenters. The molecule has 0 bridgehead atoms. The lowest BCUT2D eigenvalue weighted by Crippen LogP contribution is -2.40. The van der Waals surface area contributed by atoms with Gasteiger partial charge < -0.3 is 10.4 Å². The molecule has 5 nitrogen and oxygen atoms in total. The first-order valence-electron chi connectivity index (χ1n) is 6.12. The van der Waals surface area contributed by atoms with Crippen LogP contribution >= 0.6 is 11.3 Å². The third-order valence-electron chi connectivity index (χ3n) is 2.88. The van der Waals surface area contributed by atoms with Gasteiger partial charge in [-0.1, -0.05) is 20.8 Å². The number of hydrogen-bond donors (Lipinski definition) is 2. The summed E-state index contributed by atoms with van der Waals surface area (Å²) in [5.74, 6) is -1.89. The summed E-state index contributed by atoms with van der Waals surface area (Å²) in [6.07, 6.45) is 0. The highest BCUT2D eigenvalue weighted by Crippen LogP contribution is 2.25. The zero-order valence-electron chi connectivity index (χ0n) is 11.9. The van der Waals surface area contributed by atoms with Crippen molar-refractivity contribution in [1.29, 1.82) is 0 Å². The summed E-state index contributed by atoms with van der Waals surface area (Å²) in [6, 6.07) is -0.440. The second-order valence-electron chi connectivity index (χ2n) is 5.68. The molecule has 106 valence electrons. The smallest absolute Gasteiger partial charge is 0.308 e. The summed E-state index contributed by atoms with van der Waals surface area (Å²) >= 11 is 1.44. The van der Waals surface area contributed by atoms with Gasteiger partial charge in [0, 0.05) is 16.8 Å². The van der Waals surface area contributed by atoms with Crippen molar-refractivity contribution in [2.45, 2.75) is 46.1 Å². The van der Waals surface area contributed by atoms with Crippen molar-refractivity contribution in [2.75, 3.05) is 0 Å². The molecule has 1 rings (SSSR count). The second kappa shape index (κ2) is 5.69. The Labute approximate surface area is 117 Å². The topological polar surface area (TPSA) is 79.3 Å². The van der Waals surface area contributed by atoms with Crippen molar-refractivity contribution in [1.82, 2.24) is 10.3 Å². The lowest BCUT2D eigenvalue weighted by Gasteiger charge is -2.17. The monoisotopic (exact) mass is 284 g/mol. The Morgan fingerprint density at radius 2 is 1.95 bits per heavy atom. The van der Waals surface area contributed by atoms with Crippen LogP contribution in [0.15, 0.2) is 5.38 Å². The van der Waals surface area contributed by atoms with E-state index in [9.17, 15) is 9.59 Å². The molecule has 0 aliphatic carbocycles. The van der Waals surface area contributed by atoms with Gasteiger partial charge in [0.15, 0.2) is 0 Å². The number of nitrogens with one attached hydrogen (secondary N) is 1. The molecule has 0 fully saturated rings. The molecule has 19 heavy (non-hydrogen) atoms. The van der Waals surface area contributed by atoms with E-state index in [1.807, 2.05) is 20.8 Å². The number of thiazole rings is 1. The molecule has 2 unspecified atom stereocenters. The minimum absolute atomic E-state index is 0.0941. The van der Waals surface area contributed by atoms with Gasteiger partial charge in [0.1, 0.15) is 5.69 Å². The van der Waals surface area contributed by atoms with E-state index in [-0.39, 0.29) is 11.3 Å². The highest BCUT2D eigenvalue weighted by atomic mass is 32.1. The van der Waals surface area contributed by atoms with Gasteiger partial charge >= 0.3 is 5.97 Å². The lowest BCUT2D eigenvalue weighted by molar-refractivity contribution is -0.141. The van der Waals surface area contributed by atoms with Crippen LogP contribution in [-0.4, -0.2) is 28.0 Å². The summed E-state index contributed by atoms with van der Waals surface area (Å²) in [4.78, 5) is 27.1. The number of hydrogen-bond acceptors (Lipinski definition) is 4. The van der Waals surface area contributed by atoms with Crippen LogP contribution in [-0.2, 0) is 10.2 Å². The molecule has 0 aliphatic heterocycles. The number of carbonyl (C=O) groups is 2. The van der Waals surface area contributed by atoms with Gasteiger partial charge in [0.2, 0.25) is 0 Å². The quantitative estimate of drug-likeness (QED) is 0.889. The predicted octanol–water partition coefficient (Wildman–Crippen LogP) is 2.28. The van der Waals surface area contributed by atoms with Gasteiger partial charge in [0.25, 0.3) is 5.91 Å². The average Bonchev–Trinajstić information content (AvgIpc) is 2.76. The summed E-state index contributed by atoms with van der Waals surface area (Å²) < 4.78 is 0. The average molecular weight is 284 g/mol. The van der Waals surface area contributed by atoms with Crippen LogP contribution in [0.4, 0.5) is 0 Å². The number of carbonyl (C=O) groups excluding carboxylic acids is 1. The van der Waals surface area contributed by atoms with Gasteiger partial charge in [-0.3, -0.25) is 9.59 Å². The van der Waals surface area contributed by atoms with Crippen LogP contribution in [0, 0.1) is 5.92 Å². The van der Waals surface area contributed by atoms with Gasteiger partial charge in [-0.15, -0.1) is 11.3 Å². The molecular weight excluding hydrogens is 264 g/mol. The molecule has 6 heteroatoms. The highest BCUT2D eigenvalue weighted by Gasteiger charge is 2.24. The van der Waals surface area contributed by atoms with E-state index in [0.717, 1.165) is 5.01 Å². The van der Waals surface area contributed by atoms with Crippen LogP contribution in [0.1, 0.15) is 50.1 Å². The number of aromatic nitrogens is 1. The minimum atomic E-state index is -0.929. The van der Waals surface area contributed by atoms with Gasteiger partial charge in [0.05, 0.1) is 10.9 Å². The number of aliphatic carboxylic acids is 1. The molecule has 0 saturated carbocycles. The Bertz CT molecular complexity index is 476. The Hall–Kier alpha value is -1.43. The fraction of sp³-hybridized carbons (Fsp3) is 0.615. The lowest BCUT2D eigenvalue weighted by atomic mass is 9.98. The first-order chi connectivity index (χ1) is 8.62. The molecule has 1 aromatic rings. The van der Waals surface area contributed by atoms with Gasteiger partial charge in [-0.25, -0.2) is 4.98 Å². The number of nitrogens with zero attached hydrogens (tertiary/aromatic N) is 1. The van der Waals surface area contributed by atoms with E-state index in [2.05, 4.69) is 10.3 Å². The maximum atomic E-state index is 12.0. The molecule has 0 radical (unpaired) electrons. The minimum Gasteiger partial charge on any atom is -0.481 e. The number of carboxylic acids is 1. The fourth-order valence-corrected chi connectivity index (χ4v) is 2.23. The zero-order valence-corrected chi connectivity index (χ0v) is 12.7. The van der Waals surface area contributed by atoms with Crippen molar-refractivity contribution in [3.8, 4) is 0 Å². The summed E-state index contributed by atoms with van der Waals surface area (Å²) in [5.41, 5.74) is 0.253. The Kier molecular flexibility index (Phi) is 4.68. The SMILES string of the molecule is CC(NC(=O)c1csc(C(C)(C)C)n1)C(C)C(=O)O. The number of amides is 1. The molecule has 1 heterocycles. The fourth-order valence-electron chi connectivity index (χ4n) is 1.34. The third-order valence-corrected chi connectivity index (χ3v) is 4.14. The standard InChI is InChI=1S/C13H20N2O3S/c1-7(11(17)18)8(2)14-10(16)9-6-19-12(15-9)13(3,4)5/h6-8H,1-5H3,(H,14,16)(H,17,18). The molecular formula is C13H20N2O3S. The second-order valence-corrected chi connectivity index (χ2v) is 6.54. The Balaban J connectivity index is 2.74. The highest BCUT2D eigenvalue weighted by molar-refractivity contribution is 7.10. The van der Waals surface area contributed by atoms with Crippen molar-refractivity contribution in [3.05, 3.63) is 16.1 Å². The molecule has 0 saturated heterocycles. The number of carboxylic acid groups (broad SMARTS) is 1. The van der Waals surface area contributed by atoms with Crippen molar-refractivity contribution < 1.29 is 14.7 Å². The first kappa shape index (κ1) is 15.6. The van der Waals surface area contributed by atoms with E-state index in [1.54, 1.807) is 19.2 Å². The van der Waals surface area contributed by atoms with E-state index in [0.29, 0.717) is 5.69 Å². The third kappa shape index (κ3) is 4.02. The Morgan fingerprint density at radius 3 is 2.37 bits per heavy atom. The van der Waals surface area contributed by atoms with Crippen molar-refractivity contribution >= 4 is 23.2 Å². The van der Waals surface area contributed by atoms with E-state index >= 15 is 0 Å². The zero-order chi connectivity index (χ0) is 14.8. The summed E-state index contributed by atoms with van der Waals surface area (Å²) in [5, 5.41) is 14.1. The normalized spacial score (nSPS) is 14.8. The van der Waals surface area contributed by atoms with Crippen LogP contribution < -0.4 is 5.32 Å². The maximum absolute atomic E-state index is 12.0.